The summed E-state index contributed by atoms with van der Waals surface area (Å²) in [4.78, 5) is 2.68. The van der Waals surface area contributed by atoms with Crippen LogP contribution in [0.5, 0.6) is 0 Å². The van der Waals surface area contributed by atoms with Gasteiger partial charge in [-0.2, -0.15) is 0 Å². The molecule has 2 rings (SSSR count). The molecule has 0 radical (unpaired) electrons. The first-order chi connectivity index (χ1) is 8.70. The molecule has 1 aliphatic heterocycles. The SMILES string of the molecule is CCC1CN(CCOCC(C)C)C(C2CC2)CN1. The molecule has 2 fully saturated rings. The summed E-state index contributed by atoms with van der Waals surface area (Å²) in [7, 11) is 0. The van der Waals surface area contributed by atoms with Gasteiger partial charge in [0.1, 0.15) is 0 Å². The molecular formula is C15H30N2O. The predicted octanol–water partition coefficient (Wildman–Crippen LogP) is 2.12. The van der Waals surface area contributed by atoms with E-state index in [4.69, 9.17) is 4.74 Å². The van der Waals surface area contributed by atoms with E-state index >= 15 is 0 Å². The van der Waals surface area contributed by atoms with Crippen molar-refractivity contribution in [2.24, 2.45) is 11.8 Å². The van der Waals surface area contributed by atoms with Gasteiger partial charge >= 0.3 is 0 Å². The third kappa shape index (κ3) is 4.22. The minimum Gasteiger partial charge on any atom is -0.380 e. The molecule has 1 heterocycles. The summed E-state index contributed by atoms with van der Waals surface area (Å²) in [5, 5.41) is 3.70. The Hall–Kier alpha value is -0.120. The molecule has 0 aromatic heterocycles. The number of ether oxygens (including phenoxy) is 1. The maximum absolute atomic E-state index is 5.75. The van der Waals surface area contributed by atoms with Crippen LogP contribution in [0, 0.1) is 11.8 Å². The average molecular weight is 254 g/mol. The van der Waals surface area contributed by atoms with E-state index in [0.29, 0.717) is 12.0 Å². The Morgan fingerprint density at radius 1 is 1.33 bits per heavy atom. The fraction of sp³-hybridized carbons (Fsp3) is 1.00. The third-order valence-electron chi connectivity index (χ3n) is 4.17. The molecule has 1 N–H and O–H groups in total. The quantitative estimate of drug-likeness (QED) is 0.704. The van der Waals surface area contributed by atoms with Gasteiger partial charge in [0.05, 0.1) is 6.61 Å². The average Bonchev–Trinajstić information content (AvgIpc) is 3.18. The zero-order valence-electron chi connectivity index (χ0n) is 12.3. The van der Waals surface area contributed by atoms with Gasteiger partial charge in [-0.15, -0.1) is 0 Å². The minimum absolute atomic E-state index is 0.649. The molecule has 2 atom stereocenters. The molecule has 3 nitrogen and oxygen atoms in total. The van der Waals surface area contributed by atoms with E-state index in [1.165, 1.54) is 32.4 Å². The number of rotatable bonds is 7. The van der Waals surface area contributed by atoms with E-state index in [-0.39, 0.29) is 0 Å². The van der Waals surface area contributed by atoms with Crippen molar-refractivity contribution in [1.82, 2.24) is 10.2 Å². The fourth-order valence-electron chi connectivity index (χ4n) is 2.88. The first-order valence-corrected chi connectivity index (χ1v) is 7.75. The van der Waals surface area contributed by atoms with E-state index in [1.807, 2.05) is 0 Å². The topological polar surface area (TPSA) is 24.5 Å². The first-order valence-electron chi connectivity index (χ1n) is 7.75. The van der Waals surface area contributed by atoms with E-state index in [1.54, 1.807) is 0 Å². The Kier molecular flexibility index (Phi) is 5.46. The summed E-state index contributed by atoms with van der Waals surface area (Å²) < 4.78 is 5.75. The van der Waals surface area contributed by atoms with Gasteiger partial charge in [0.15, 0.2) is 0 Å². The van der Waals surface area contributed by atoms with Crippen LogP contribution in [-0.2, 0) is 4.74 Å². The van der Waals surface area contributed by atoms with Gasteiger partial charge in [-0.25, -0.2) is 0 Å². The Morgan fingerprint density at radius 3 is 2.72 bits per heavy atom. The van der Waals surface area contributed by atoms with Crippen molar-refractivity contribution in [3.63, 3.8) is 0 Å². The normalized spacial score (nSPS) is 30.0. The van der Waals surface area contributed by atoms with Crippen LogP contribution in [0.1, 0.15) is 40.0 Å². The van der Waals surface area contributed by atoms with Crippen LogP contribution in [-0.4, -0.2) is 49.8 Å². The molecule has 106 valence electrons. The van der Waals surface area contributed by atoms with E-state index in [0.717, 1.165) is 31.7 Å². The molecule has 0 spiro atoms. The Bertz CT molecular complexity index is 241. The standard InChI is InChI=1S/C15H30N2O/c1-4-14-10-17(7-8-18-11-12(2)3)15(9-16-14)13-5-6-13/h12-16H,4-11H2,1-3H3. The Balaban J connectivity index is 1.74. The van der Waals surface area contributed by atoms with Gasteiger partial charge < -0.3 is 10.1 Å². The maximum Gasteiger partial charge on any atom is 0.0593 e. The number of hydrogen-bond donors (Lipinski definition) is 1. The number of piperazine rings is 1. The highest BCUT2D eigenvalue weighted by Gasteiger charge is 2.38. The monoisotopic (exact) mass is 254 g/mol. The van der Waals surface area contributed by atoms with Gasteiger partial charge in [0.2, 0.25) is 0 Å². The molecule has 0 aromatic rings. The predicted molar refractivity (Wildman–Crippen MR) is 75.8 cm³/mol. The minimum atomic E-state index is 0.649. The van der Waals surface area contributed by atoms with Gasteiger partial charge in [0.25, 0.3) is 0 Å². The second kappa shape index (κ2) is 6.88. The van der Waals surface area contributed by atoms with Crippen LogP contribution in [0.4, 0.5) is 0 Å². The molecule has 2 unspecified atom stereocenters. The molecule has 0 amide bonds. The van der Waals surface area contributed by atoms with Gasteiger partial charge in [-0.1, -0.05) is 20.8 Å². The van der Waals surface area contributed by atoms with Crippen molar-refractivity contribution in [3.8, 4) is 0 Å². The van der Waals surface area contributed by atoms with Crippen molar-refractivity contribution in [1.29, 1.82) is 0 Å². The molecule has 1 saturated heterocycles. The van der Waals surface area contributed by atoms with Crippen molar-refractivity contribution >= 4 is 0 Å². The van der Waals surface area contributed by atoms with Crippen molar-refractivity contribution < 1.29 is 4.74 Å². The Labute approximate surface area is 112 Å². The van der Waals surface area contributed by atoms with Crippen LogP contribution in [0.3, 0.4) is 0 Å². The highest BCUT2D eigenvalue weighted by molar-refractivity contribution is 4.94. The lowest BCUT2D eigenvalue weighted by atomic mass is 10.0. The first kappa shape index (κ1) is 14.3. The van der Waals surface area contributed by atoms with Gasteiger partial charge in [-0.05, 0) is 31.1 Å². The number of nitrogens with one attached hydrogen (secondary N) is 1. The van der Waals surface area contributed by atoms with Gasteiger partial charge in [-0.3, -0.25) is 4.90 Å². The third-order valence-corrected chi connectivity index (χ3v) is 4.17. The molecule has 0 bridgehead atoms. The number of hydrogen-bond acceptors (Lipinski definition) is 3. The molecule has 1 saturated carbocycles. The highest BCUT2D eigenvalue weighted by Crippen LogP contribution is 2.36. The van der Waals surface area contributed by atoms with Crippen LogP contribution in [0.25, 0.3) is 0 Å². The summed E-state index contributed by atoms with van der Waals surface area (Å²) in [5.74, 6) is 1.61. The second-order valence-corrected chi connectivity index (χ2v) is 6.38. The summed E-state index contributed by atoms with van der Waals surface area (Å²) in [6, 6.07) is 1.46. The lowest BCUT2D eigenvalue weighted by Gasteiger charge is -2.40. The van der Waals surface area contributed by atoms with Crippen LogP contribution in [0.2, 0.25) is 0 Å². The fourth-order valence-corrected chi connectivity index (χ4v) is 2.88. The van der Waals surface area contributed by atoms with Crippen LogP contribution in [0.15, 0.2) is 0 Å². The Morgan fingerprint density at radius 2 is 2.11 bits per heavy atom. The lowest BCUT2D eigenvalue weighted by molar-refractivity contribution is 0.0489. The summed E-state index contributed by atoms with van der Waals surface area (Å²) >= 11 is 0. The lowest BCUT2D eigenvalue weighted by Crippen LogP contribution is -2.57. The summed E-state index contributed by atoms with van der Waals surface area (Å²) in [6.45, 7) is 12.0. The molecule has 0 aromatic carbocycles. The zero-order chi connectivity index (χ0) is 13.0. The zero-order valence-corrected chi connectivity index (χ0v) is 12.3. The van der Waals surface area contributed by atoms with Gasteiger partial charge in [0, 0.05) is 38.3 Å². The largest absolute Gasteiger partial charge is 0.380 e. The smallest absolute Gasteiger partial charge is 0.0593 e. The highest BCUT2D eigenvalue weighted by atomic mass is 16.5. The molecule has 18 heavy (non-hydrogen) atoms. The van der Waals surface area contributed by atoms with Crippen molar-refractivity contribution in [2.45, 2.75) is 52.1 Å². The van der Waals surface area contributed by atoms with Crippen LogP contribution < -0.4 is 5.32 Å². The molecule has 2 aliphatic rings. The molecule has 1 aliphatic carbocycles. The molecule has 3 heteroatoms. The second-order valence-electron chi connectivity index (χ2n) is 6.38. The van der Waals surface area contributed by atoms with Crippen molar-refractivity contribution in [3.05, 3.63) is 0 Å². The van der Waals surface area contributed by atoms with Crippen LogP contribution >= 0.6 is 0 Å². The van der Waals surface area contributed by atoms with E-state index in [9.17, 15) is 0 Å². The number of nitrogens with zero attached hydrogens (tertiary/aromatic N) is 1. The molecular weight excluding hydrogens is 224 g/mol. The maximum atomic E-state index is 5.75. The van der Waals surface area contributed by atoms with E-state index < -0.39 is 0 Å². The van der Waals surface area contributed by atoms with E-state index in [2.05, 4.69) is 31.0 Å². The summed E-state index contributed by atoms with van der Waals surface area (Å²) in [6.07, 6.45) is 4.11. The van der Waals surface area contributed by atoms with Crippen molar-refractivity contribution in [2.75, 3.05) is 32.8 Å². The summed E-state index contributed by atoms with van der Waals surface area (Å²) in [5.41, 5.74) is 0.